The number of furan rings is 1. The van der Waals surface area contributed by atoms with Crippen LogP contribution in [0.4, 0.5) is 0 Å². The molecule has 1 aliphatic rings. The lowest BCUT2D eigenvalue weighted by Gasteiger charge is -2.29. The molecule has 0 bridgehead atoms. The standard InChI is InChI=1S/C26H33NO3S/c1-7-19-13-17(3)22(15-19)27(8-2)26(28)25(31-6)16-21-10-12-24(30-21)20-9-11-23(29-5)18(4)14-20/h8-12,14,16-17,19,22H,2,7,13,15H2,1,3-6H3/b25-16-. The molecule has 0 saturated heterocycles. The van der Waals surface area contributed by atoms with Gasteiger partial charge in [0.25, 0.3) is 5.91 Å². The van der Waals surface area contributed by atoms with Crippen LogP contribution in [0.25, 0.3) is 17.4 Å². The van der Waals surface area contributed by atoms with Crippen LogP contribution in [0.5, 0.6) is 5.75 Å². The Hall–Kier alpha value is -2.40. The van der Waals surface area contributed by atoms with Crippen molar-refractivity contribution in [1.29, 1.82) is 0 Å². The molecule has 1 aromatic carbocycles. The molecule has 1 heterocycles. The van der Waals surface area contributed by atoms with Crippen molar-refractivity contribution in [3.63, 3.8) is 0 Å². The number of aryl methyl sites for hydroxylation is 1. The highest BCUT2D eigenvalue weighted by molar-refractivity contribution is 8.03. The lowest BCUT2D eigenvalue weighted by Crippen LogP contribution is -2.38. The molecule has 0 N–H and O–H groups in total. The Morgan fingerprint density at radius 3 is 2.68 bits per heavy atom. The molecular weight excluding hydrogens is 406 g/mol. The van der Waals surface area contributed by atoms with Crippen LogP contribution >= 0.6 is 11.8 Å². The molecule has 0 aliphatic heterocycles. The number of rotatable bonds is 8. The van der Waals surface area contributed by atoms with E-state index in [1.807, 2.05) is 54.5 Å². The van der Waals surface area contributed by atoms with E-state index >= 15 is 0 Å². The molecule has 1 aliphatic carbocycles. The zero-order valence-electron chi connectivity index (χ0n) is 19.2. The predicted octanol–water partition coefficient (Wildman–Crippen LogP) is 6.76. The first-order valence-corrected chi connectivity index (χ1v) is 12.1. The van der Waals surface area contributed by atoms with Gasteiger partial charge in [-0.1, -0.05) is 26.8 Å². The van der Waals surface area contributed by atoms with Gasteiger partial charge in [0, 0.05) is 17.8 Å². The highest BCUT2D eigenvalue weighted by Gasteiger charge is 2.36. The topological polar surface area (TPSA) is 42.7 Å². The van der Waals surface area contributed by atoms with Crippen molar-refractivity contribution >= 4 is 23.7 Å². The minimum atomic E-state index is -0.00524. The molecular formula is C26H33NO3S. The Bertz CT molecular complexity index is 961. The first-order chi connectivity index (χ1) is 14.9. The van der Waals surface area contributed by atoms with Crippen molar-refractivity contribution < 1.29 is 13.9 Å². The zero-order chi connectivity index (χ0) is 22.5. The number of carbonyl (C=O) groups excluding carboxylic acids is 1. The van der Waals surface area contributed by atoms with Gasteiger partial charge in [0.2, 0.25) is 0 Å². The van der Waals surface area contributed by atoms with Crippen LogP contribution in [0.2, 0.25) is 0 Å². The highest BCUT2D eigenvalue weighted by Crippen LogP contribution is 2.37. The predicted molar refractivity (Wildman–Crippen MR) is 130 cm³/mol. The summed E-state index contributed by atoms with van der Waals surface area (Å²) in [6, 6.07) is 10.0. The molecule has 2 aromatic rings. The van der Waals surface area contributed by atoms with E-state index in [4.69, 9.17) is 9.15 Å². The van der Waals surface area contributed by atoms with Gasteiger partial charge in [-0.3, -0.25) is 4.79 Å². The van der Waals surface area contributed by atoms with Gasteiger partial charge in [-0.2, -0.15) is 0 Å². The molecule has 1 amide bonds. The first kappa shape index (κ1) is 23.3. The van der Waals surface area contributed by atoms with E-state index in [9.17, 15) is 4.79 Å². The third-order valence-corrected chi connectivity index (χ3v) is 7.05. The summed E-state index contributed by atoms with van der Waals surface area (Å²) in [6.07, 6.45) is 8.82. The van der Waals surface area contributed by atoms with Gasteiger partial charge in [0.15, 0.2) is 0 Å². The third kappa shape index (κ3) is 5.09. The Labute approximate surface area is 190 Å². The van der Waals surface area contributed by atoms with Crippen molar-refractivity contribution in [3.05, 3.63) is 59.3 Å². The second-order valence-corrected chi connectivity index (χ2v) is 9.13. The van der Waals surface area contributed by atoms with E-state index < -0.39 is 0 Å². The van der Waals surface area contributed by atoms with E-state index in [-0.39, 0.29) is 11.9 Å². The van der Waals surface area contributed by atoms with Crippen LogP contribution < -0.4 is 4.74 Å². The third-order valence-electron chi connectivity index (χ3n) is 6.31. The van der Waals surface area contributed by atoms with Crippen molar-refractivity contribution in [2.45, 2.75) is 46.1 Å². The molecule has 1 aromatic heterocycles. The average molecular weight is 440 g/mol. The number of amides is 1. The normalized spacial score (nSPS) is 21.2. The molecule has 1 saturated carbocycles. The summed E-state index contributed by atoms with van der Waals surface area (Å²) >= 11 is 1.44. The second-order valence-electron chi connectivity index (χ2n) is 8.28. The summed E-state index contributed by atoms with van der Waals surface area (Å²) in [4.78, 5) is 15.8. The minimum Gasteiger partial charge on any atom is -0.496 e. The lowest BCUT2D eigenvalue weighted by molar-refractivity contribution is -0.126. The van der Waals surface area contributed by atoms with Gasteiger partial charge in [-0.25, -0.2) is 0 Å². The first-order valence-electron chi connectivity index (χ1n) is 10.9. The minimum absolute atomic E-state index is 0.00524. The van der Waals surface area contributed by atoms with Gasteiger partial charge in [0.1, 0.15) is 17.3 Å². The molecule has 3 unspecified atom stereocenters. The largest absolute Gasteiger partial charge is 0.496 e. The lowest BCUT2D eigenvalue weighted by atomic mass is 10.0. The maximum Gasteiger partial charge on any atom is 0.264 e. The number of thioether (sulfide) groups is 1. The number of hydrogen-bond acceptors (Lipinski definition) is 4. The molecule has 4 nitrogen and oxygen atoms in total. The number of carbonyl (C=O) groups is 1. The van der Waals surface area contributed by atoms with Crippen LogP contribution in [0.15, 0.2) is 52.4 Å². The van der Waals surface area contributed by atoms with E-state index in [0.717, 1.165) is 35.5 Å². The molecule has 3 rings (SSSR count). The molecule has 0 radical (unpaired) electrons. The molecule has 5 heteroatoms. The smallest absolute Gasteiger partial charge is 0.264 e. The van der Waals surface area contributed by atoms with Gasteiger partial charge in [0.05, 0.1) is 12.0 Å². The summed E-state index contributed by atoms with van der Waals surface area (Å²) in [6.45, 7) is 10.4. The maximum absolute atomic E-state index is 13.3. The summed E-state index contributed by atoms with van der Waals surface area (Å²) in [5, 5.41) is 0. The summed E-state index contributed by atoms with van der Waals surface area (Å²) in [7, 11) is 1.67. The van der Waals surface area contributed by atoms with Gasteiger partial charge >= 0.3 is 0 Å². The maximum atomic E-state index is 13.3. The molecule has 166 valence electrons. The number of benzene rings is 1. The van der Waals surface area contributed by atoms with Gasteiger partial charge in [-0.15, -0.1) is 11.8 Å². The Morgan fingerprint density at radius 1 is 1.32 bits per heavy atom. The molecule has 1 fully saturated rings. The Kier molecular flexibility index (Phi) is 7.71. The van der Waals surface area contributed by atoms with E-state index in [1.165, 1.54) is 18.2 Å². The number of ether oxygens (including phenoxy) is 1. The van der Waals surface area contributed by atoms with E-state index in [2.05, 4.69) is 20.4 Å². The van der Waals surface area contributed by atoms with Crippen molar-refractivity contribution in [1.82, 2.24) is 4.90 Å². The fourth-order valence-electron chi connectivity index (χ4n) is 4.52. The van der Waals surface area contributed by atoms with E-state index in [0.29, 0.717) is 22.5 Å². The Morgan fingerprint density at radius 2 is 2.10 bits per heavy atom. The highest BCUT2D eigenvalue weighted by atomic mass is 32.2. The number of methoxy groups -OCH3 is 1. The SMILES string of the molecule is C=CN(C(=O)/C(=C/c1ccc(-c2ccc(OC)c(C)c2)o1)SC)C1CC(CC)CC1C. The van der Waals surface area contributed by atoms with Crippen LogP contribution in [0.3, 0.4) is 0 Å². The molecule has 3 atom stereocenters. The van der Waals surface area contributed by atoms with Crippen molar-refractivity contribution in [2.75, 3.05) is 13.4 Å². The van der Waals surface area contributed by atoms with Crippen LogP contribution in [-0.4, -0.2) is 30.2 Å². The number of nitrogens with zero attached hydrogens (tertiary/aromatic N) is 1. The Balaban J connectivity index is 1.82. The average Bonchev–Trinajstić information content (AvgIpc) is 3.39. The fraction of sp³-hybridized carbons (Fsp3) is 0.423. The fourth-order valence-corrected chi connectivity index (χ4v) is 5.04. The molecule has 31 heavy (non-hydrogen) atoms. The summed E-state index contributed by atoms with van der Waals surface area (Å²) in [5.41, 5.74) is 2.03. The molecule has 0 spiro atoms. The summed E-state index contributed by atoms with van der Waals surface area (Å²) in [5.74, 6) is 3.42. The van der Waals surface area contributed by atoms with Crippen LogP contribution in [-0.2, 0) is 4.79 Å². The summed E-state index contributed by atoms with van der Waals surface area (Å²) < 4.78 is 11.4. The monoisotopic (exact) mass is 439 g/mol. The van der Waals surface area contributed by atoms with Gasteiger partial charge in [-0.05, 0) is 79.8 Å². The quantitative estimate of drug-likeness (QED) is 0.426. The number of hydrogen-bond donors (Lipinski definition) is 0. The van der Waals surface area contributed by atoms with Crippen molar-refractivity contribution in [3.8, 4) is 17.1 Å². The van der Waals surface area contributed by atoms with E-state index in [1.54, 1.807) is 13.3 Å². The van der Waals surface area contributed by atoms with Crippen LogP contribution in [0, 0.1) is 18.8 Å². The zero-order valence-corrected chi connectivity index (χ0v) is 20.0. The van der Waals surface area contributed by atoms with Crippen molar-refractivity contribution in [2.24, 2.45) is 11.8 Å². The van der Waals surface area contributed by atoms with Gasteiger partial charge < -0.3 is 14.1 Å². The second kappa shape index (κ2) is 10.3. The van der Waals surface area contributed by atoms with Crippen LogP contribution in [0.1, 0.15) is 44.4 Å².